The highest BCUT2D eigenvalue weighted by molar-refractivity contribution is 7.98. The van der Waals surface area contributed by atoms with Gasteiger partial charge in [-0.2, -0.15) is 10.4 Å². The summed E-state index contributed by atoms with van der Waals surface area (Å²) in [5.74, 6) is 1.42. The van der Waals surface area contributed by atoms with E-state index in [1.807, 2.05) is 36.9 Å². The number of nitrogens with zero attached hydrogens (tertiary/aromatic N) is 3. The molecule has 0 bridgehead atoms. The minimum absolute atomic E-state index is 0.571. The average molecular weight is 273 g/mol. The molecule has 19 heavy (non-hydrogen) atoms. The molecular weight excluding hydrogens is 258 g/mol. The van der Waals surface area contributed by atoms with Gasteiger partial charge in [0.2, 0.25) is 0 Å². The third-order valence-electron chi connectivity index (χ3n) is 2.73. The molecule has 5 heteroatoms. The Morgan fingerprint density at radius 3 is 2.79 bits per heavy atom. The number of aryl methyl sites for hydroxylation is 2. The van der Waals surface area contributed by atoms with Crippen LogP contribution in [0.2, 0.25) is 0 Å². The van der Waals surface area contributed by atoms with Crippen LogP contribution in [-0.4, -0.2) is 16.9 Å². The van der Waals surface area contributed by atoms with Crippen molar-refractivity contribution in [1.29, 1.82) is 5.26 Å². The van der Waals surface area contributed by atoms with Crippen molar-refractivity contribution in [2.24, 2.45) is 7.05 Å². The molecule has 0 saturated heterocycles. The first-order valence-corrected chi connectivity index (χ1v) is 6.83. The first-order valence-electron chi connectivity index (χ1n) is 5.84. The lowest BCUT2D eigenvalue weighted by atomic mass is 10.1. The van der Waals surface area contributed by atoms with Crippen LogP contribution in [0.3, 0.4) is 0 Å². The zero-order valence-electron chi connectivity index (χ0n) is 11.2. The number of rotatable bonds is 4. The molecule has 0 spiro atoms. The molecule has 4 nitrogen and oxygen atoms in total. The Hall–Kier alpha value is -1.93. The first kappa shape index (κ1) is 13.5. The Morgan fingerprint density at radius 2 is 2.21 bits per heavy atom. The van der Waals surface area contributed by atoms with Gasteiger partial charge in [0.1, 0.15) is 11.8 Å². The van der Waals surface area contributed by atoms with Crippen LogP contribution in [0, 0.1) is 18.3 Å². The van der Waals surface area contributed by atoms with Gasteiger partial charge >= 0.3 is 0 Å². The topological polar surface area (TPSA) is 50.8 Å². The van der Waals surface area contributed by atoms with Crippen LogP contribution in [0.4, 0.5) is 0 Å². The summed E-state index contributed by atoms with van der Waals surface area (Å²) in [6, 6.07) is 9.89. The third-order valence-corrected chi connectivity index (χ3v) is 3.89. The second-order valence-corrected chi connectivity index (χ2v) is 5.18. The van der Waals surface area contributed by atoms with Crippen LogP contribution >= 0.6 is 11.8 Å². The van der Waals surface area contributed by atoms with E-state index in [9.17, 15) is 0 Å². The quantitative estimate of drug-likeness (QED) is 0.804. The second-order valence-electron chi connectivity index (χ2n) is 4.18. The van der Waals surface area contributed by atoms with Crippen molar-refractivity contribution in [3.63, 3.8) is 0 Å². The number of thioether (sulfide) groups is 1. The van der Waals surface area contributed by atoms with Crippen LogP contribution in [0.25, 0.3) is 0 Å². The highest BCUT2D eigenvalue weighted by atomic mass is 32.2. The minimum atomic E-state index is 0.571. The van der Waals surface area contributed by atoms with Crippen molar-refractivity contribution in [1.82, 2.24) is 9.78 Å². The predicted molar refractivity (Wildman–Crippen MR) is 75.2 cm³/mol. The lowest BCUT2D eigenvalue weighted by Gasteiger charge is -2.06. The molecule has 0 saturated carbocycles. The van der Waals surface area contributed by atoms with Gasteiger partial charge in [-0.25, -0.2) is 0 Å². The summed E-state index contributed by atoms with van der Waals surface area (Å²) in [6.07, 6.45) is 0. The molecule has 0 aliphatic carbocycles. The summed E-state index contributed by atoms with van der Waals surface area (Å²) in [4.78, 5) is 0. The van der Waals surface area contributed by atoms with E-state index in [0.29, 0.717) is 11.3 Å². The zero-order valence-corrected chi connectivity index (χ0v) is 12.0. The van der Waals surface area contributed by atoms with E-state index in [2.05, 4.69) is 17.2 Å². The summed E-state index contributed by atoms with van der Waals surface area (Å²) in [6.45, 7) is 1.98. The van der Waals surface area contributed by atoms with Gasteiger partial charge in [0.15, 0.2) is 0 Å². The number of nitriles is 1. The fourth-order valence-corrected chi connectivity index (χ4v) is 2.79. The Labute approximate surface area is 117 Å². The van der Waals surface area contributed by atoms with E-state index in [1.54, 1.807) is 18.9 Å². The molecule has 1 aromatic heterocycles. The molecule has 0 N–H and O–H groups in total. The van der Waals surface area contributed by atoms with Crippen molar-refractivity contribution < 1.29 is 4.74 Å². The SMILES string of the molecule is COc1ccc(CSc2cc(C)nn2C)cc1C#N. The molecule has 2 rings (SSSR count). The molecule has 0 amide bonds. The summed E-state index contributed by atoms with van der Waals surface area (Å²) < 4.78 is 7.00. The normalized spacial score (nSPS) is 10.2. The van der Waals surface area contributed by atoms with Crippen molar-refractivity contribution in [3.8, 4) is 11.8 Å². The maximum atomic E-state index is 9.06. The highest BCUT2D eigenvalue weighted by Gasteiger charge is 2.06. The third kappa shape index (κ3) is 3.09. The van der Waals surface area contributed by atoms with Crippen LogP contribution in [0.5, 0.6) is 5.75 Å². The molecule has 98 valence electrons. The van der Waals surface area contributed by atoms with E-state index in [1.165, 1.54) is 0 Å². The fraction of sp³-hybridized carbons (Fsp3) is 0.286. The summed E-state index contributed by atoms with van der Waals surface area (Å²) in [7, 11) is 3.51. The van der Waals surface area contributed by atoms with Gasteiger partial charge < -0.3 is 4.74 Å². The number of hydrogen-bond acceptors (Lipinski definition) is 4. The predicted octanol–water partition coefficient (Wildman–Crippen LogP) is 2.90. The smallest absolute Gasteiger partial charge is 0.136 e. The molecule has 1 heterocycles. The second kappa shape index (κ2) is 5.81. The standard InChI is InChI=1S/C14H15N3OS/c1-10-6-14(17(2)16-10)19-9-11-4-5-13(18-3)12(7-11)8-15/h4-7H,9H2,1-3H3. The van der Waals surface area contributed by atoms with Crippen LogP contribution in [0.1, 0.15) is 16.8 Å². The van der Waals surface area contributed by atoms with Gasteiger partial charge in [-0.3, -0.25) is 4.68 Å². The number of hydrogen-bond donors (Lipinski definition) is 0. The summed E-state index contributed by atoms with van der Waals surface area (Å²) >= 11 is 1.70. The Balaban J connectivity index is 2.12. The van der Waals surface area contributed by atoms with Crippen molar-refractivity contribution >= 4 is 11.8 Å². The van der Waals surface area contributed by atoms with Crippen molar-refractivity contribution in [2.75, 3.05) is 7.11 Å². The Morgan fingerprint density at radius 1 is 1.42 bits per heavy atom. The first-order chi connectivity index (χ1) is 9.13. The molecule has 0 aliphatic heterocycles. The van der Waals surface area contributed by atoms with Gasteiger partial charge in [-0.1, -0.05) is 6.07 Å². The molecule has 0 fully saturated rings. The number of methoxy groups -OCH3 is 1. The maximum Gasteiger partial charge on any atom is 0.136 e. The number of ether oxygens (including phenoxy) is 1. The lowest BCUT2D eigenvalue weighted by molar-refractivity contribution is 0.413. The minimum Gasteiger partial charge on any atom is -0.495 e. The van der Waals surface area contributed by atoms with Crippen LogP contribution in [-0.2, 0) is 12.8 Å². The fourth-order valence-electron chi connectivity index (χ4n) is 1.81. The molecule has 2 aromatic rings. The maximum absolute atomic E-state index is 9.06. The average Bonchev–Trinajstić information content (AvgIpc) is 2.74. The van der Waals surface area contributed by atoms with Crippen LogP contribution in [0.15, 0.2) is 29.3 Å². The van der Waals surface area contributed by atoms with E-state index in [-0.39, 0.29) is 0 Å². The van der Waals surface area contributed by atoms with E-state index in [4.69, 9.17) is 10.00 Å². The van der Waals surface area contributed by atoms with Gasteiger partial charge in [-0.15, -0.1) is 11.8 Å². The van der Waals surface area contributed by atoms with E-state index >= 15 is 0 Å². The molecule has 0 unspecified atom stereocenters. The van der Waals surface area contributed by atoms with Gasteiger partial charge in [0.25, 0.3) is 0 Å². The van der Waals surface area contributed by atoms with E-state index in [0.717, 1.165) is 22.0 Å². The molecule has 0 atom stereocenters. The molecule has 1 aromatic carbocycles. The monoisotopic (exact) mass is 273 g/mol. The Kier molecular flexibility index (Phi) is 4.13. The molecule has 0 aliphatic rings. The summed E-state index contributed by atoms with van der Waals surface area (Å²) in [5.41, 5.74) is 2.68. The van der Waals surface area contributed by atoms with Crippen molar-refractivity contribution in [3.05, 3.63) is 41.1 Å². The van der Waals surface area contributed by atoms with Gasteiger partial charge in [0, 0.05) is 12.8 Å². The largest absolute Gasteiger partial charge is 0.495 e. The zero-order chi connectivity index (χ0) is 13.8. The van der Waals surface area contributed by atoms with Gasteiger partial charge in [0.05, 0.1) is 23.4 Å². The lowest BCUT2D eigenvalue weighted by Crippen LogP contribution is -1.93. The van der Waals surface area contributed by atoms with Crippen molar-refractivity contribution in [2.45, 2.75) is 17.7 Å². The van der Waals surface area contributed by atoms with Gasteiger partial charge in [-0.05, 0) is 30.7 Å². The summed E-state index contributed by atoms with van der Waals surface area (Å²) in [5, 5.41) is 14.5. The van der Waals surface area contributed by atoms with E-state index < -0.39 is 0 Å². The molecular formula is C14H15N3OS. The Bertz CT molecular complexity index is 628. The highest BCUT2D eigenvalue weighted by Crippen LogP contribution is 2.26. The number of benzene rings is 1. The van der Waals surface area contributed by atoms with Crippen LogP contribution < -0.4 is 4.74 Å². The molecule has 0 radical (unpaired) electrons. The number of aromatic nitrogens is 2.